The summed E-state index contributed by atoms with van der Waals surface area (Å²) in [5, 5.41) is 5.58. The quantitative estimate of drug-likeness (QED) is 0.754. The van der Waals surface area contributed by atoms with Gasteiger partial charge in [-0.2, -0.15) is 0 Å². The molecule has 0 spiro atoms. The van der Waals surface area contributed by atoms with Gasteiger partial charge in [-0.3, -0.25) is 9.59 Å². The first-order chi connectivity index (χ1) is 11.5. The first-order valence-corrected chi connectivity index (χ1v) is 8.40. The molecule has 0 radical (unpaired) electrons. The van der Waals surface area contributed by atoms with Crippen molar-refractivity contribution in [2.75, 3.05) is 5.32 Å². The van der Waals surface area contributed by atoms with Crippen molar-refractivity contribution in [2.45, 2.75) is 19.9 Å². The van der Waals surface area contributed by atoms with Crippen LogP contribution in [0.3, 0.4) is 0 Å². The summed E-state index contributed by atoms with van der Waals surface area (Å²) in [6.45, 7) is 3.78. The maximum atomic E-state index is 12.2. The molecule has 0 fully saturated rings. The van der Waals surface area contributed by atoms with Crippen LogP contribution in [-0.4, -0.2) is 17.9 Å². The van der Waals surface area contributed by atoms with E-state index in [0.29, 0.717) is 11.3 Å². The lowest BCUT2D eigenvalue weighted by molar-refractivity contribution is -0.111. The minimum Gasteiger partial charge on any atom is -0.350 e. The number of amides is 2. The van der Waals surface area contributed by atoms with Crippen molar-refractivity contribution in [3.8, 4) is 0 Å². The summed E-state index contributed by atoms with van der Waals surface area (Å²) < 4.78 is 0.908. The molecule has 0 aromatic heterocycles. The Labute approximate surface area is 150 Å². The Morgan fingerprint density at radius 2 is 1.71 bits per heavy atom. The minimum atomic E-state index is -0.296. The Morgan fingerprint density at radius 1 is 1.04 bits per heavy atom. The zero-order valence-electron chi connectivity index (χ0n) is 13.5. The van der Waals surface area contributed by atoms with E-state index in [2.05, 4.69) is 26.6 Å². The Kier molecular flexibility index (Phi) is 6.32. The summed E-state index contributed by atoms with van der Waals surface area (Å²) in [5.74, 6) is -0.508. The highest BCUT2D eigenvalue weighted by Crippen LogP contribution is 2.18. The molecule has 0 unspecified atom stereocenters. The first kappa shape index (κ1) is 17.9. The Hall–Kier alpha value is -2.40. The maximum absolute atomic E-state index is 12.2. The molecule has 2 aromatic carbocycles. The van der Waals surface area contributed by atoms with Crippen LogP contribution in [0.5, 0.6) is 0 Å². The number of carbonyl (C=O) groups is 2. The van der Waals surface area contributed by atoms with E-state index >= 15 is 0 Å². The number of rotatable bonds is 5. The second-order valence-corrected chi connectivity index (χ2v) is 6.37. The van der Waals surface area contributed by atoms with Crippen LogP contribution >= 0.6 is 15.9 Å². The topological polar surface area (TPSA) is 58.2 Å². The number of hydrogen-bond donors (Lipinski definition) is 2. The highest BCUT2D eigenvalue weighted by atomic mass is 79.9. The van der Waals surface area contributed by atoms with E-state index in [-0.39, 0.29) is 17.9 Å². The molecule has 0 aliphatic carbocycles. The van der Waals surface area contributed by atoms with E-state index in [4.69, 9.17) is 0 Å². The molecule has 0 saturated carbocycles. The molecule has 0 heterocycles. The van der Waals surface area contributed by atoms with Crippen molar-refractivity contribution in [2.24, 2.45) is 0 Å². The highest BCUT2D eigenvalue weighted by molar-refractivity contribution is 9.10. The van der Waals surface area contributed by atoms with Gasteiger partial charge in [-0.25, -0.2) is 0 Å². The van der Waals surface area contributed by atoms with Crippen LogP contribution in [0.15, 0.2) is 59.1 Å². The lowest BCUT2D eigenvalue weighted by Gasteiger charge is -2.12. The SMILES string of the molecule is CC(C)NC(=O)c1ccccc1NC(=O)/C=C/c1ccccc1Br. The largest absolute Gasteiger partial charge is 0.350 e. The van der Waals surface area contributed by atoms with Crippen LogP contribution in [0.1, 0.15) is 29.8 Å². The van der Waals surface area contributed by atoms with Gasteiger partial charge >= 0.3 is 0 Å². The van der Waals surface area contributed by atoms with E-state index in [9.17, 15) is 9.59 Å². The molecule has 2 amide bonds. The number of benzene rings is 2. The maximum Gasteiger partial charge on any atom is 0.253 e. The average Bonchev–Trinajstić information content (AvgIpc) is 2.54. The van der Waals surface area contributed by atoms with Crippen LogP contribution < -0.4 is 10.6 Å². The van der Waals surface area contributed by atoms with E-state index in [1.807, 2.05) is 38.1 Å². The van der Waals surface area contributed by atoms with Gasteiger partial charge in [0.2, 0.25) is 5.91 Å². The predicted molar refractivity (Wildman–Crippen MR) is 101 cm³/mol. The minimum absolute atomic E-state index is 0.0246. The van der Waals surface area contributed by atoms with Crippen molar-refractivity contribution < 1.29 is 9.59 Å². The van der Waals surface area contributed by atoms with Gasteiger partial charge in [0.15, 0.2) is 0 Å². The van der Waals surface area contributed by atoms with Gasteiger partial charge < -0.3 is 10.6 Å². The number of carbonyl (C=O) groups excluding carboxylic acids is 2. The molecule has 24 heavy (non-hydrogen) atoms. The van der Waals surface area contributed by atoms with E-state index < -0.39 is 0 Å². The Balaban J connectivity index is 2.12. The molecule has 0 atom stereocenters. The van der Waals surface area contributed by atoms with Crippen LogP contribution in [0.2, 0.25) is 0 Å². The fourth-order valence-electron chi connectivity index (χ4n) is 2.08. The zero-order valence-corrected chi connectivity index (χ0v) is 15.1. The van der Waals surface area contributed by atoms with E-state index in [1.165, 1.54) is 6.08 Å². The van der Waals surface area contributed by atoms with Gasteiger partial charge in [0.25, 0.3) is 5.91 Å². The molecule has 2 rings (SSSR count). The van der Waals surface area contributed by atoms with Crippen molar-refractivity contribution in [3.05, 3.63) is 70.2 Å². The highest BCUT2D eigenvalue weighted by Gasteiger charge is 2.12. The molecule has 0 aliphatic rings. The number of anilines is 1. The first-order valence-electron chi connectivity index (χ1n) is 7.61. The summed E-state index contributed by atoms with van der Waals surface area (Å²) in [7, 11) is 0. The number of hydrogen-bond acceptors (Lipinski definition) is 2. The number of nitrogens with one attached hydrogen (secondary N) is 2. The molecule has 4 nitrogen and oxygen atoms in total. The van der Waals surface area contributed by atoms with Crippen LogP contribution in [0, 0.1) is 0 Å². The van der Waals surface area contributed by atoms with Gasteiger partial charge in [-0.15, -0.1) is 0 Å². The molecular weight excluding hydrogens is 368 g/mol. The molecule has 5 heteroatoms. The number of para-hydroxylation sites is 1. The summed E-state index contributed by atoms with van der Waals surface area (Å²) in [4.78, 5) is 24.3. The third kappa shape index (κ3) is 5.06. The lowest BCUT2D eigenvalue weighted by Crippen LogP contribution is -2.30. The Morgan fingerprint density at radius 3 is 2.42 bits per heavy atom. The normalized spacial score (nSPS) is 10.8. The third-order valence-electron chi connectivity index (χ3n) is 3.17. The average molecular weight is 387 g/mol. The van der Waals surface area contributed by atoms with E-state index in [0.717, 1.165) is 10.0 Å². The lowest BCUT2D eigenvalue weighted by atomic mass is 10.1. The number of halogens is 1. The molecule has 0 bridgehead atoms. The van der Waals surface area contributed by atoms with Crippen molar-refractivity contribution in [1.82, 2.24) is 5.32 Å². The predicted octanol–water partition coefficient (Wildman–Crippen LogP) is 4.24. The monoisotopic (exact) mass is 386 g/mol. The van der Waals surface area contributed by atoms with Crippen molar-refractivity contribution in [1.29, 1.82) is 0 Å². The molecule has 2 N–H and O–H groups in total. The van der Waals surface area contributed by atoms with Crippen LogP contribution in [-0.2, 0) is 4.79 Å². The second kappa shape index (κ2) is 8.45. The molecule has 0 aliphatic heterocycles. The van der Waals surface area contributed by atoms with Crippen molar-refractivity contribution in [3.63, 3.8) is 0 Å². The fraction of sp³-hybridized carbons (Fsp3) is 0.158. The smallest absolute Gasteiger partial charge is 0.253 e. The van der Waals surface area contributed by atoms with Gasteiger partial charge in [0, 0.05) is 16.6 Å². The van der Waals surface area contributed by atoms with Crippen LogP contribution in [0.25, 0.3) is 6.08 Å². The van der Waals surface area contributed by atoms with Gasteiger partial charge in [0.05, 0.1) is 11.3 Å². The summed E-state index contributed by atoms with van der Waals surface area (Å²) in [5.41, 5.74) is 1.82. The summed E-state index contributed by atoms with van der Waals surface area (Å²) in [6.07, 6.45) is 3.16. The molecular formula is C19H19BrN2O2. The van der Waals surface area contributed by atoms with Gasteiger partial charge in [-0.1, -0.05) is 46.3 Å². The van der Waals surface area contributed by atoms with Crippen molar-refractivity contribution >= 4 is 39.5 Å². The van der Waals surface area contributed by atoms with Gasteiger partial charge in [0.1, 0.15) is 0 Å². The molecule has 0 saturated heterocycles. The zero-order chi connectivity index (χ0) is 17.5. The second-order valence-electron chi connectivity index (χ2n) is 5.52. The standard InChI is InChI=1S/C19H19BrN2O2/c1-13(2)21-19(24)15-8-4-6-10-17(15)22-18(23)12-11-14-7-3-5-9-16(14)20/h3-13H,1-2H3,(H,21,24)(H,22,23)/b12-11+. The third-order valence-corrected chi connectivity index (χ3v) is 3.89. The molecule has 124 valence electrons. The summed E-state index contributed by atoms with van der Waals surface area (Å²) >= 11 is 3.43. The van der Waals surface area contributed by atoms with Crippen LogP contribution in [0.4, 0.5) is 5.69 Å². The Bertz CT molecular complexity index is 769. The van der Waals surface area contributed by atoms with E-state index in [1.54, 1.807) is 30.3 Å². The summed E-state index contributed by atoms with van der Waals surface area (Å²) in [6, 6.07) is 14.6. The molecule has 2 aromatic rings. The fourth-order valence-corrected chi connectivity index (χ4v) is 2.50. The van der Waals surface area contributed by atoms with Gasteiger partial charge in [-0.05, 0) is 43.7 Å².